The maximum Gasteiger partial charge on any atom is 0.341 e. The Labute approximate surface area is 97.4 Å². The van der Waals surface area contributed by atoms with Crippen molar-refractivity contribution in [3.63, 3.8) is 0 Å². The van der Waals surface area contributed by atoms with E-state index >= 15 is 0 Å². The Bertz CT molecular complexity index is 491. The van der Waals surface area contributed by atoms with Crippen LogP contribution in [0.15, 0.2) is 18.2 Å². The van der Waals surface area contributed by atoms with Gasteiger partial charge in [0.1, 0.15) is 17.7 Å². The molecule has 0 saturated carbocycles. The first-order valence-electron chi connectivity index (χ1n) is 4.66. The molecule has 1 amide bonds. The summed E-state index contributed by atoms with van der Waals surface area (Å²) in [7, 11) is 1.20. The number of nitrogens with zero attached hydrogens (tertiary/aromatic N) is 1. The normalized spacial score (nSPS) is 9.18. The average Bonchev–Trinajstić information content (AvgIpc) is 2.28. The fourth-order valence-electron chi connectivity index (χ4n) is 1.17. The van der Waals surface area contributed by atoms with Crippen LogP contribution in [0.5, 0.6) is 5.75 Å². The second-order valence-electron chi connectivity index (χ2n) is 3.11. The highest BCUT2D eigenvalue weighted by molar-refractivity contribution is 5.95. The third-order valence-corrected chi connectivity index (χ3v) is 1.93. The van der Waals surface area contributed by atoms with E-state index in [9.17, 15) is 14.7 Å². The molecule has 0 unspecified atom stereocenters. The number of aromatic hydroxyl groups is 1. The van der Waals surface area contributed by atoms with Crippen molar-refractivity contribution in [1.29, 1.82) is 5.26 Å². The number of benzene rings is 1. The lowest BCUT2D eigenvalue weighted by molar-refractivity contribution is -0.115. The van der Waals surface area contributed by atoms with Crippen LogP contribution in [-0.2, 0) is 9.53 Å². The summed E-state index contributed by atoms with van der Waals surface area (Å²) in [4.78, 5) is 22.2. The van der Waals surface area contributed by atoms with E-state index < -0.39 is 11.9 Å². The number of nitrogens with one attached hydrogen (secondary N) is 1. The molecule has 2 N–H and O–H groups in total. The number of esters is 1. The molecule has 0 bridgehead atoms. The van der Waals surface area contributed by atoms with Crippen molar-refractivity contribution in [2.75, 3.05) is 12.4 Å². The summed E-state index contributed by atoms with van der Waals surface area (Å²) >= 11 is 0. The zero-order chi connectivity index (χ0) is 12.8. The Morgan fingerprint density at radius 3 is 2.76 bits per heavy atom. The Balaban J connectivity index is 2.86. The van der Waals surface area contributed by atoms with Crippen LogP contribution in [0.1, 0.15) is 16.8 Å². The van der Waals surface area contributed by atoms with Crippen LogP contribution in [-0.4, -0.2) is 24.1 Å². The van der Waals surface area contributed by atoms with E-state index in [1.165, 1.54) is 25.3 Å². The predicted octanol–water partition coefficient (Wildman–Crippen LogP) is 1.03. The van der Waals surface area contributed by atoms with Gasteiger partial charge < -0.3 is 15.2 Å². The van der Waals surface area contributed by atoms with Gasteiger partial charge in [0.2, 0.25) is 5.91 Å². The Morgan fingerprint density at radius 1 is 1.53 bits per heavy atom. The van der Waals surface area contributed by atoms with Crippen LogP contribution >= 0.6 is 0 Å². The van der Waals surface area contributed by atoms with Gasteiger partial charge in [0.05, 0.1) is 13.2 Å². The number of hydrogen-bond donors (Lipinski definition) is 2. The number of carbonyl (C=O) groups is 2. The number of ether oxygens (including phenoxy) is 1. The number of methoxy groups -OCH3 is 1. The minimum Gasteiger partial charge on any atom is -0.507 e. The summed E-state index contributed by atoms with van der Waals surface area (Å²) in [5.41, 5.74) is 0.307. The van der Waals surface area contributed by atoms with E-state index in [1.54, 1.807) is 6.07 Å². The van der Waals surface area contributed by atoms with Crippen LogP contribution in [0.3, 0.4) is 0 Å². The van der Waals surface area contributed by atoms with Crippen LogP contribution in [0.25, 0.3) is 0 Å². The summed E-state index contributed by atoms with van der Waals surface area (Å²) in [5, 5.41) is 20.2. The molecule has 6 heteroatoms. The molecule has 1 aromatic rings. The molecule has 88 valence electrons. The van der Waals surface area contributed by atoms with E-state index in [-0.39, 0.29) is 17.7 Å². The van der Waals surface area contributed by atoms with Crippen molar-refractivity contribution in [2.24, 2.45) is 0 Å². The molecule has 0 aliphatic heterocycles. The molecule has 17 heavy (non-hydrogen) atoms. The van der Waals surface area contributed by atoms with Gasteiger partial charge in [-0.2, -0.15) is 5.26 Å². The van der Waals surface area contributed by atoms with Gasteiger partial charge in [-0.25, -0.2) is 4.79 Å². The number of phenolic OH excluding ortho intramolecular Hbond substituents is 1. The zero-order valence-electron chi connectivity index (χ0n) is 9.06. The highest BCUT2D eigenvalue weighted by atomic mass is 16.5. The third-order valence-electron chi connectivity index (χ3n) is 1.93. The molecule has 0 radical (unpaired) electrons. The molecule has 0 atom stereocenters. The summed E-state index contributed by atoms with van der Waals surface area (Å²) < 4.78 is 4.45. The highest BCUT2D eigenvalue weighted by Gasteiger charge is 2.12. The number of phenols is 1. The van der Waals surface area contributed by atoms with Crippen molar-refractivity contribution in [1.82, 2.24) is 0 Å². The van der Waals surface area contributed by atoms with Crippen molar-refractivity contribution in [2.45, 2.75) is 6.42 Å². The van der Waals surface area contributed by atoms with Gasteiger partial charge in [0, 0.05) is 11.8 Å². The Kier molecular flexibility index (Phi) is 4.06. The van der Waals surface area contributed by atoms with Gasteiger partial charge in [-0.15, -0.1) is 0 Å². The SMILES string of the molecule is COC(=O)c1ccc(NC(=O)CC#N)cc1O. The topological polar surface area (TPSA) is 99.4 Å². The highest BCUT2D eigenvalue weighted by Crippen LogP contribution is 2.22. The molecule has 0 heterocycles. The van der Waals surface area contributed by atoms with Crippen LogP contribution in [0.2, 0.25) is 0 Å². The predicted molar refractivity (Wildman–Crippen MR) is 58.3 cm³/mol. The van der Waals surface area contributed by atoms with Crippen LogP contribution in [0.4, 0.5) is 5.69 Å². The van der Waals surface area contributed by atoms with Gasteiger partial charge in [0.15, 0.2) is 0 Å². The lowest BCUT2D eigenvalue weighted by atomic mass is 10.2. The lowest BCUT2D eigenvalue weighted by Gasteiger charge is -2.06. The number of carbonyl (C=O) groups excluding carboxylic acids is 2. The van der Waals surface area contributed by atoms with E-state index in [2.05, 4.69) is 10.1 Å². The quantitative estimate of drug-likeness (QED) is 0.761. The monoisotopic (exact) mass is 234 g/mol. The average molecular weight is 234 g/mol. The Morgan fingerprint density at radius 2 is 2.24 bits per heavy atom. The molecular formula is C11H10N2O4. The van der Waals surface area contributed by atoms with Crippen LogP contribution < -0.4 is 5.32 Å². The number of anilines is 1. The second kappa shape index (κ2) is 5.51. The number of amides is 1. The molecule has 1 rings (SSSR count). The molecule has 0 aliphatic rings. The lowest BCUT2D eigenvalue weighted by Crippen LogP contribution is -2.10. The number of hydrogen-bond acceptors (Lipinski definition) is 5. The molecule has 0 aliphatic carbocycles. The summed E-state index contributed by atoms with van der Waals surface area (Å²) in [6, 6.07) is 5.66. The van der Waals surface area contributed by atoms with Crippen LogP contribution in [0, 0.1) is 11.3 Å². The van der Waals surface area contributed by atoms with Gasteiger partial charge >= 0.3 is 5.97 Å². The maximum absolute atomic E-state index is 11.2. The van der Waals surface area contributed by atoms with Gasteiger partial charge in [-0.05, 0) is 12.1 Å². The standard InChI is InChI=1S/C11H10N2O4/c1-17-11(16)8-3-2-7(6-9(8)14)13-10(15)4-5-12/h2-3,6,14H,4H2,1H3,(H,13,15). The Hall–Kier alpha value is -2.55. The third kappa shape index (κ3) is 3.21. The molecule has 0 spiro atoms. The molecule has 1 aromatic carbocycles. The maximum atomic E-state index is 11.2. The fourth-order valence-corrected chi connectivity index (χ4v) is 1.17. The first kappa shape index (κ1) is 12.5. The summed E-state index contributed by atoms with van der Waals surface area (Å²) in [5.74, 6) is -1.46. The van der Waals surface area contributed by atoms with Gasteiger partial charge in [0.25, 0.3) is 0 Å². The van der Waals surface area contributed by atoms with Crippen molar-refractivity contribution in [3.8, 4) is 11.8 Å². The molecule has 6 nitrogen and oxygen atoms in total. The molecule has 0 aromatic heterocycles. The van der Waals surface area contributed by atoms with E-state index in [0.717, 1.165) is 0 Å². The molecule has 0 fully saturated rings. The number of rotatable bonds is 3. The van der Waals surface area contributed by atoms with Crippen molar-refractivity contribution < 1.29 is 19.4 Å². The molecule has 0 saturated heterocycles. The summed E-state index contributed by atoms with van der Waals surface area (Å²) in [6.07, 6.45) is -0.278. The summed E-state index contributed by atoms with van der Waals surface area (Å²) in [6.45, 7) is 0. The van der Waals surface area contributed by atoms with Crippen molar-refractivity contribution in [3.05, 3.63) is 23.8 Å². The fraction of sp³-hybridized carbons (Fsp3) is 0.182. The zero-order valence-corrected chi connectivity index (χ0v) is 9.06. The minimum absolute atomic E-state index is 0.00535. The van der Waals surface area contributed by atoms with Gasteiger partial charge in [-0.3, -0.25) is 4.79 Å². The largest absolute Gasteiger partial charge is 0.507 e. The molecular weight excluding hydrogens is 224 g/mol. The smallest absolute Gasteiger partial charge is 0.341 e. The first-order chi connectivity index (χ1) is 8.08. The van der Waals surface area contributed by atoms with Gasteiger partial charge in [-0.1, -0.05) is 0 Å². The second-order valence-corrected chi connectivity index (χ2v) is 3.11. The van der Waals surface area contributed by atoms with E-state index in [4.69, 9.17) is 5.26 Å². The van der Waals surface area contributed by atoms with Crippen molar-refractivity contribution >= 4 is 17.6 Å². The van der Waals surface area contributed by atoms with E-state index in [1.807, 2.05) is 0 Å². The minimum atomic E-state index is -0.669. The number of nitriles is 1. The van der Waals surface area contributed by atoms with E-state index in [0.29, 0.717) is 5.69 Å². The first-order valence-corrected chi connectivity index (χ1v) is 4.66.